The van der Waals surface area contributed by atoms with Gasteiger partial charge in [0.1, 0.15) is 0 Å². The van der Waals surface area contributed by atoms with E-state index in [0.29, 0.717) is 28.6 Å². The maximum atomic E-state index is 12.3. The maximum absolute atomic E-state index is 12.3. The first kappa shape index (κ1) is 21.1. The third kappa shape index (κ3) is 5.28. The van der Waals surface area contributed by atoms with Crippen molar-refractivity contribution < 1.29 is 14.4 Å². The van der Waals surface area contributed by atoms with Crippen LogP contribution in [0.2, 0.25) is 10.0 Å². The Morgan fingerprint density at radius 1 is 1.10 bits per heavy atom. The molecule has 2 aromatic rings. The van der Waals surface area contributed by atoms with Crippen molar-refractivity contribution in [3.05, 3.63) is 63.6 Å². The number of amides is 3. The molecule has 1 aliphatic heterocycles. The van der Waals surface area contributed by atoms with E-state index < -0.39 is 0 Å². The summed E-state index contributed by atoms with van der Waals surface area (Å²) in [6, 6.07) is 11.6. The van der Waals surface area contributed by atoms with E-state index in [2.05, 4.69) is 10.6 Å². The Balaban J connectivity index is 1.51. The molecule has 0 aliphatic carbocycles. The van der Waals surface area contributed by atoms with Crippen LogP contribution in [0.25, 0.3) is 0 Å². The maximum Gasteiger partial charge on any atom is 0.251 e. The average Bonchev–Trinajstić information content (AvgIpc) is 3.14. The van der Waals surface area contributed by atoms with Crippen LogP contribution in [0, 0.1) is 0 Å². The van der Waals surface area contributed by atoms with Gasteiger partial charge in [0.25, 0.3) is 5.91 Å². The number of carbonyl (C=O) groups excluding carboxylic acids is 3. The van der Waals surface area contributed by atoms with Gasteiger partial charge >= 0.3 is 0 Å². The second-order valence-electron chi connectivity index (χ2n) is 6.84. The van der Waals surface area contributed by atoms with Crippen molar-refractivity contribution in [1.29, 1.82) is 0 Å². The van der Waals surface area contributed by atoms with E-state index in [1.165, 1.54) is 0 Å². The van der Waals surface area contributed by atoms with E-state index in [9.17, 15) is 14.4 Å². The number of benzene rings is 2. The van der Waals surface area contributed by atoms with Gasteiger partial charge in [0.15, 0.2) is 0 Å². The van der Waals surface area contributed by atoms with Crippen LogP contribution >= 0.6 is 23.2 Å². The zero-order chi connectivity index (χ0) is 21.0. The van der Waals surface area contributed by atoms with Gasteiger partial charge in [0.2, 0.25) is 11.8 Å². The van der Waals surface area contributed by atoms with E-state index in [1.54, 1.807) is 47.4 Å². The van der Waals surface area contributed by atoms with E-state index in [0.717, 1.165) is 17.7 Å². The van der Waals surface area contributed by atoms with Gasteiger partial charge in [-0.15, -0.1) is 0 Å². The summed E-state index contributed by atoms with van der Waals surface area (Å²) in [5, 5.41) is 6.26. The summed E-state index contributed by atoms with van der Waals surface area (Å²) in [5.41, 5.74) is 2.01. The van der Waals surface area contributed by atoms with Gasteiger partial charge in [0, 0.05) is 24.2 Å². The summed E-state index contributed by atoms with van der Waals surface area (Å²) in [6.45, 7) is 2.36. The summed E-state index contributed by atoms with van der Waals surface area (Å²) in [7, 11) is 0. The molecule has 0 aromatic heterocycles. The Morgan fingerprint density at radius 3 is 2.45 bits per heavy atom. The Bertz CT molecular complexity index is 931. The second-order valence-corrected chi connectivity index (χ2v) is 7.66. The first-order chi connectivity index (χ1) is 13.8. The molecule has 3 amide bonds. The molecule has 8 heteroatoms. The fourth-order valence-electron chi connectivity index (χ4n) is 3.13. The van der Waals surface area contributed by atoms with Crippen LogP contribution in [-0.2, 0) is 9.59 Å². The van der Waals surface area contributed by atoms with E-state index in [-0.39, 0.29) is 30.3 Å². The Morgan fingerprint density at radius 2 is 1.83 bits per heavy atom. The lowest BCUT2D eigenvalue weighted by Crippen LogP contribution is -2.38. The molecular weight excluding hydrogens is 413 g/mol. The smallest absolute Gasteiger partial charge is 0.251 e. The second kappa shape index (κ2) is 9.29. The first-order valence-electron chi connectivity index (χ1n) is 9.28. The number of nitrogens with one attached hydrogen (secondary N) is 2. The lowest BCUT2D eigenvalue weighted by atomic mass is 10.1. The summed E-state index contributed by atoms with van der Waals surface area (Å²) in [4.78, 5) is 37.9. The minimum atomic E-state index is -0.360. The molecule has 29 heavy (non-hydrogen) atoms. The van der Waals surface area contributed by atoms with Gasteiger partial charge in [-0.25, -0.2) is 0 Å². The molecule has 1 fully saturated rings. The standard InChI is InChI=1S/C21H21Cl2N3O3/c1-13(15-6-9-17(22)18(23)11-15)25-19(27)12-24-21(29)14-4-7-16(8-5-14)26-10-2-3-20(26)28/h4-9,11,13H,2-3,10,12H2,1H3,(H,24,29)(H,25,27). The van der Waals surface area contributed by atoms with Gasteiger partial charge in [0.05, 0.1) is 22.6 Å². The quantitative estimate of drug-likeness (QED) is 0.728. The normalized spacial score (nSPS) is 14.6. The average molecular weight is 434 g/mol. The van der Waals surface area contributed by atoms with E-state index in [4.69, 9.17) is 23.2 Å². The van der Waals surface area contributed by atoms with Crippen molar-refractivity contribution in [3.8, 4) is 0 Å². The fourth-order valence-corrected chi connectivity index (χ4v) is 3.44. The summed E-state index contributed by atoms with van der Waals surface area (Å²) in [6.07, 6.45) is 1.40. The number of nitrogens with zero attached hydrogens (tertiary/aromatic N) is 1. The predicted octanol–water partition coefficient (Wildman–Crippen LogP) is 3.73. The molecule has 0 bridgehead atoms. The highest BCUT2D eigenvalue weighted by Crippen LogP contribution is 2.25. The highest BCUT2D eigenvalue weighted by Gasteiger charge is 2.21. The number of hydrogen-bond donors (Lipinski definition) is 2. The van der Waals surface area contributed by atoms with Crippen LogP contribution in [0.15, 0.2) is 42.5 Å². The Kier molecular flexibility index (Phi) is 6.77. The monoisotopic (exact) mass is 433 g/mol. The van der Waals surface area contributed by atoms with Crippen LogP contribution in [0.5, 0.6) is 0 Å². The first-order valence-corrected chi connectivity index (χ1v) is 10.0. The predicted molar refractivity (Wildman–Crippen MR) is 113 cm³/mol. The molecule has 3 rings (SSSR count). The van der Waals surface area contributed by atoms with Crippen molar-refractivity contribution in [2.24, 2.45) is 0 Å². The molecule has 1 atom stereocenters. The van der Waals surface area contributed by atoms with Gasteiger partial charge in [-0.05, 0) is 55.3 Å². The Labute approximate surface area is 179 Å². The number of rotatable bonds is 6. The molecule has 1 unspecified atom stereocenters. The summed E-state index contributed by atoms with van der Waals surface area (Å²) < 4.78 is 0. The van der Waals surface area contributed by atoms with Crippen molar-refractivity contribution in [2.45, 2.75) is 25.8 Å². The van der Waals surface area contributed by atoms with Gasteiger partial charge in [-0.1, -0.05) is 29.3 Å². The molecule has 152 valence electrons. The van der Waals surface area contributed by atoms with Gasteiger partial charge in [-0.2, -0.15) is 0 Å². The van der Waals surface area contributed by atoms with Gasteiger partial charge < -0.3 is 15.5 Å². The SMILES string of the molecule is CC(NC(=O)CNC(=O)c1ccc(N2CCCC2=O)cc1)c1ccc(Cl)c(Cl)c1. The molecule has 2 aromatic carbocycles. The molecule has 1 saturated heterocycles. The molecule has 1 aliphatic rings. The largest absolute Gasteiger partial charge is 0.348 e. The minimum Gasteiger partial charge on any atom is -0.348 e. The zero-order valence-corrected chi connectivity index (χ0v) is 17.4. The van der Waals surface area contributed by atoms with Crippen LogP contribution in [0.1, 0.15) is 41.7 Å². The highest BCUT2D eigenvalue weighted by atomic mass is 35.5. The van der Waals surface area contributed by atoms with Crippen LogP contribution < -0.4 is 15.5 Å². The lowest BCUT2D eigenvalue weighted by Gasteiger charge is -2.16. The van der Waals surface area contributed by atoms with E-state index >= 15 is 0 Å². The highest BCUT2D eigenvalue weighted by molar-refractivity contribution is 6.42. The minimum absolute atomic E-state index is 0.0926. The number of halogens is 2. The van der Waals surface area contributed by atoms with Crippen LogP contribution in [-0.4, -0.2) is 30.8 Å². The topological polar surface area (TPSA) is 78.5 Å². The zero-order valence-electron chi connectivity index (χ0n) is 15.9. The number of anilines is 1. The number of carbonyl (C=O) groups is 3. The summed E-state index contributed by atoms with van der Waals surface area (Å²) in [5.74, 6) is -0.590. The van der Waals surface area contributed by atoms with Crippen molar-refractivity contribution >= 4 is 46.6 Å². The molecule has 6 nitrogen and oxygen atoms in total. The van der Waals surface area contributed by atoms with Crippen LogP contribution in [0.4, 0.5) is 5.69 Å². The van der Waals surface area contributed by atoms with Crippen molar-refractivity contribution in [2.75, 3.05) is 18.0 Å². The van der Waals surface area contributed by atoms with Crippen molar-refractivity contribution in [1.82, 2.24) is 10.6 Å². The molecule has 0 spiro atoms. The molecule has 2 N–H and O–H groups in total. The fraction of sp³-hybridized carbons (Fsp3) is 0.286. The van der Waals surface area contributed by atoms with Gasteiger partial charge in [-0.3, -0.25) is 14.4 Å². The molecule has 1 heterocycles. The number of hydrogen-bond acceptors (Lipinski definition) is 3. The molecule has 0 saturated carbocycles. The molecular formula is C21H21Cl2N3O3. The third-order valence-corrected chi connectivity index (χ3v) is 5.48. The third-order valence-electron chi connectivity index (χ3n) is 4.75. The Hall–Kier alpha value is -2.57. The lowest BCUT2D eigenvalue weighted by molar-refractivity contribution is -0.120. The molecule has 0 radical (unpaired) electrons. The summed E-state index contributed by atoms with van der Waals surface area (Å²) >= 11 is 11.9. The van der Waals surface area contributed by atoms with Crippen LogP contribution in [0.3, 0.4) is 0 Å². The van der Waals surface area contributed by atoms with E-state index in [1.807, 2.05) is 6.92 Å². The van der Waals surface area contributed by atoms with Crippen molar-refractivity contribution in [3.63, 3.8) is 0 Å².